The number of carboxylic acid groups (broad SMARTS) is 1. The van der Waals surface area contributed by atoms with E-state index in [4.69, 9.17) is 4.74 Å². The van der Waals surface area contributed by atoms with Gasteiger partial charge in [-0.05, 0) is 75.0 Å². The standard InChI is InChI=1S/C33H29IN6O5/c1-2-19-15-20(38-29-30-36-17-28(34)40(30)14-13-35-29)11-12-21(19)31(41)37-16-27(32(42)43)39-33(44)45-18-26-24-9-5-3-7-22(24)23-8-4-6-10-25(23)26/h3-15,17,26-27H,2,16,18H2,1H3,(H,35,38)(H,37,41)(H,39,44)(H,42,43). The third-order valence-corrected chi connectivity index (χ3v) is 8.58. The Kier molecular flexibility index (Phi) is 8.65. The first-order chi connectivity index (χ1) is 21.8. The maximum atomic E-state index is 13.1. The number of rotatable bonds is 10. The van der Waals surface area contributed by atoms with Crippen LogP contribution < -0.4 is 16.0 Å². The smallest absolute Gasteiger partial charge is 0.407 e. The van der Waals surface area contributed by atoms with Gasteiger partial charge in [-0.1, -0.05) is 55.5 Å². The van der Waals surface area contributed by atoms with E-state index < -0.39 is 24.0 Å². The number of fused-ring (bicyclic) bond motifs is 4. The number of carbonyl (C=O) groups is 3. The van der Waals surface area contributed by atoms with E-state index in [1.54, 1.807) is 24.5 Å². The summed E-state index contributed by atoms with van der Waals surface area (Å²) >= 11 is 2.19. The number of hydrogen-bond donors (Lipinski definition) is 4. The Bertz CT molecular complexity index is 1880. The number of nitrogens with zero attached hydrogens (tertiary/aromatic N) is 3. The summed E-state index contributed by atoms with van der Waals surface area (Å²) in [5, 5.41) is 18.0. The Morgan fingerprint density at radius 2 is 1.73 bits per heavy atom. The normalized spacial score (nSPS) is 12.7. The van der Waals surface area contributed by atoms with Crippen LogP contribution >= 0.6 is 22.6 Å². The SMILES string of the molecule is CCc1cc(Nc2nccn3c(I)cnc23)ccc1C(=O)NCC(NC(=O)OCC1c2ccccc2-c2ccccc21)C(=O)O. The molecule has 1 aliphatic carbocycles. The Morgan fingerprint density at radius 3 is 2.42 bits per heavy atom. The van der Waals surface area contributed by atoms with E-state index in [-0.39, 0.29) is 19.1 Å². The number of alkyl carbamates (subject to hydrolysis) is 1. The Labute approximate surface area is 272 Å². The van der Waals surface area contributed by atoms with Crippen LogP contribution in [0.3, 0.4) is 0 Å². The van der Waals surface area contributed by atoms with Crippen molar-refractivity contribution in [1.82, 2.24) is 25.0 Å². The zero-order valence-corrected chi connectivity index (χ0v) is 26.3. The molecule has 0 aliphatic heterocycles. The van der Waals surface area contributed by atoms with Gasteiger partial charge < -0.3 is 25.8 Å². The van der Waals surface area contributed by atoms with Crippen LogP contribution in [0.2, 0.25) is 0 Å². The van der Waals surface area contributed by atoms with Crippen molar-refractivity contribution in [2.24, 2.45) is 0 Å². The highest BCUT2D eigenvalue weighted by atomic mass is 127. The summed E-state index contributed by atoms with van der Waals surface area (Å²) in [5.41, 5.74) is 6.81. The van der Waals surface area contributed by atoms with Crippen molar-refractivity contribution in [3.8, 4) is 11.1 Å². The molecule has 0 fully saturated rings. The van der Waals surface area contributed by atoms with Crippen LogP contribution in [0.25, 0.3) is 16.8 Å². The zero-order chi connectivity index (χ0) is 31.5. The number of amides is 2. The summed E-state index contributed by atoms with van der Waals surface area (Å²) in [6.07, 6.45) is 4.93. The topological polar surface area (TPSA) is 147 Å². The number of benzene rings is 3. The average Bonchev–Trinajstić information content (AvgIpc) is 3.59. The van der Waals surface area contributed by atoms with Gasteiger partial charge in [-0.15, -0.1) is 0 Å². The van der Waals surface area contributed by atoms with Gasteiger partial charge in [-0.3, -0.25) is 9.20 Å². The van der Waals surface area contributed by atoms with Crippen molar-refractivity contribution in [3.05, 3.63) is 111 Å². The van der Waals surface area contributed by atoms with Gasteiger partial charge in [0.2, 0.25) is 0 Å². The number of imidazole rings is 1. The number of nitrogens with one attached hydrogen (secondary N) is 3. The summed E-state index contributed by atoms with van der Waals surface area (Å²) in [4.78, 5) is 46.6. The molecule has 5 aromatic rings. The Morgan fingerprint density at radius 1 is 1.02 bits per heavy atom. The van der Waals surface area contributed by atoms with Crippen LogP contribution in [0.4, 0.5) is 16.3 Å². The van der Waals surface area contributed by atoms with Crippen LogP contribution in [0.15, 0.2) is 85.3 Å². The molecule has 0 saturated carbocycles. The van der Waals surface area contributed by atoms with Crippen molar-refractivity contribution in [2.45, 2.75) is 25.3 Å². The fraction of sp³-hybridized carbons (Fsp3) is 0.182. The van der Waals surface area contributed by atoms with Gasteiger partial charge in [0.1, 0.15) is 16.3 Å². The van der Waals surface area contributed by atoms with Gasteiger partial charge in [0.25, 0.3) is 5.91 Å². The maximum Gasteiger partial charge on any atom is 0.407 e. The molecule has 3 aromatic carbocycles. The van der Waals surface area contributed by atoms with Gasteiger partial charge >= 0.3 is 12.1 Å². The molecule has 6 rings (SSSR count). The zero-order valence-electron chi connectivity index (χ0n) is 24.2. The van der Waals surface area contributed by atoms with E-state index in [2.05, 4.69) is 48.5 Å². The van der Waals surface area contributed by atoms with E-state index in [1.807, 2.05) is 72.1 Å². The lowest BCUT2D eigenvalue weighted by atomic mass is 9.98. The predicted molar refractivity (Wildman–Crippen MR) is 177 cm³/mol. The van der Waals surface area contributed by atoms with Crippen LogP contribution in [0.1, 0.15) is 39.9 Å². The highest BCUT2D eigenvalue weighted by molar-refractivity contribution is 14.1. The van der Waals surface area contributed by atoms with Gasteiger partial charge in [0.05, 0.1) is 6.20 Å². The first kappa shape index (κ1) is 30.1. The second-order valence-electron chi connectivity index (χ2n) is 10.5. The van der Waals surface area contributed by atoms with Crippen LogP contribution in [0.5, 0.6) is 0 Å². The summed E-state index contributed by atoms with van der Waals surface area (Å²) in [5.74, 6) is -1.34. The summed E-state index contributed by atoms with van der Waals surface area (Å²) in [6, 6.07) is 19.7. The number of carboxylic acids is 1. The van der Waals surface area contributed by atoms with Crippen LogP contribution in [0, 0.1) is 3.70 Å². The minimum atomic E-state index is -1.39. The molecule has 4 N–H and O–H groups in total. The van der Waals surface area contributed by atoms with Crippen molar-refractivity contribution >= 4 is 57.7 Å². The van der Waals surface area contributed by atoms with E-state index in [0.717, 1.165) is 37.2 Å². The fourth-order valence-electron chi connectivity index (χ4n) is 5.57. The number of ether oxygens (including phenoxy) is 1. The van der Waals surface area contributed by atoms with Gasteiger partial charge in [0.15, 0.2) is 11.5 Å². The van der Waals surface area contributed by atoms with Crippen molar-refractivity contribution in [2.75, 3.05) is 18.5 Å². The number of halogens is 1. The number of hydrogen-bond acceptors (Lipinski definition) is 7. The number of aliphatic carboxylic acids is 1. The van der Waals surface area contributed by atoms with Gasteiger partial charge in [-0.2, -0.15) is 0 Å². The van der Waals surface area contributed by atoms with Crippen LogP contribution in [-0.4, -0.2) is 56.6 Å². The molecular weight excluding hydrogens is 687 g/mol. The molecule has 1 aliphatic rings. The highest BCUT2D eigenvalue weighted by Crippen LogP contribution is 2.44. The van der Waals surface area contributed by atoms with Crippen molar-refractivity contribution in [3.63, 3.8) is 0 Å². The van der Waals surface area contributed by atoms with Gasteiger partial charge in [0, 0.05) is 36.1 Å². The number of aryl methyl sites for hydroxylation is 1. The molecule has 12 heteroatoms. The Hall–Kier alpha value is -4.98. The maximum absolute atomic E-state index is 13.1. The third-order valence-electron chi connectivity index (χ3n) is 7.78. The van der Waals surface area contributed by atoms with E-state index in [9.17, 15) is 19.5 Å². The molecular formula is C33H29IN6O5. The monoisotopic (exact) mass is 716 g/mol. The van der Waals surface area contributed by atoms with Crippen LogP contribution in [-0.2, 0) is 16.0 Å². The summed E-state index contributed by atoms with van der Waals surface area (Å²) in [6.45, 7) is 1.64. The second kappa shape index (κ2) is 12.9. The van der Waals surface area contributed by atoms with E-state index >= 15 is 0 Å². The lowest BCUT2D eigenvalue weighted by Gasteiger charge is -2.18. The molecule has 0 bridgehead atoms. The first-order valence-electron chi connectivity index (χ1n) is 14.3. The first-order valence-corrected chi connectivity index (χ1v) is 15.4. The van der Waals surface area contributed by atoms with E-state index in [1.165, 1.54) is 0 Å². The second-order valence-corrected chi connectivity index (χ2v) is 11.6. The molecule has 11 nitrogen and oxygen atoms in total. The lowest BCUT2D eigenvalue weighted by molar-refractivity contribution is -0.139. The average molecular weight is 717 g/mol. The highest BCUT2D eigenvalue weighted by Gasteiger charge is 2.30. The molecule has 2 amide bonds. The third kappa shape index (κ3) is 6.18. The minimum absolute atomic E-state index is 0.0443. The summed E-state index contributed by atoms with van der Waals surface area (Å²) in [7, 11) is 0. The van der Waals surface area contributed by atoms with Crippen molar-refractivity contribution in [1.29, 1.82) is 0 Å². The largest absolute Gasteiger partial charge is 0.480 e. The fourth-order valence-corrected chi connectivity index (χ4v) is 6.10. The molecule has 0 saturated heterocycles. The predicted octanol–water partition coefficient (Wildman–Crippen LogP) is 5.36. The lowest BCUT2D eigenvalue weighted by Crippen LogP contribution is -2.48. The molecule has 0 spiro atoms. The molecule has 45 heavy (non-hydrogen) atoms. The summed E-state index contributed by atoms with van der Waals surface area (Å²) < 4.78 is 8.35. The molecule has 1 atom stereocenters. The number of carbonyl (C=O) groups excluding carboxylic acids is 2. The van der Waals surface area contributed by atoms with E-state index in [0.29, 0.717) is 23.4 Å². The number of anilines is 2. The molecule has 0 radical (unpaired) electrons. The minimum Gasteiger partial charge on any atom is -0.480 e. The molecule has 2 aromatic heterocycles. The Balaban J connectivity index is 1.07. The molecule has 2 heterocycles. The number of aromatic nitrogens is 3. The van der Waals surface area contributed by atoms with Gasteiger partial charge in [-0.25, -0.2) is 19.6 Å². The molecule has 228 valence electrons. The van der Waals surface area contributed by atoms with Crippen molar-refractivity contribution < 1.29 is 24.2 Å². The quantitative estimate of drug-likeness (QED) is 0.141. The molecule has 1 unspecified atom stereocenters.